The van der Waals surface area contributed by atoms with Crippen LogP contribution in [0, 0.1) is 0 Å². The standard InChI is InChI=1S/C9H16N2O2/c1-4-13-7-9(2,12)8-5-10-11(3)6-8/h5-6,12H,4,7H2,1-3H3. The minimum absolute atomic E-state index is 0.301. The summed E-state index contributed by atoms with van der Waals surface area (Å²) in [6.07, 6.45) is 3.44. The summed E-state index contributed by atoms with van der Waals surface area (Å²) in [5, 5.41) is 13.9. The molecule has 74 valence electrons. The van der Waals surface area contributed by atoms with Crippen LogP contribution in [0.25, 0.3) is 0 Å². The second kappa shape index (κ2) is 3.89. The first-order valence-corrected chi connectivity index (χ1v) is 4.35. The number of aliphatic hydroxyl groups is 1. The number of aromatic nitrogens is 2. The molecule has 1 aromatic rings. The van der Waals surface area contributed by atoms with E-state index in [2.05, 4.69) is 5.10 Å². The lowest BCUT2D eigenvalue weighted by atomic mass is 10.0. The van der Waals surface area contributed by atoms with Crippen molar-refractivity contribution in [1.29, 1.82) is 0 Å². The van der Waals surface area contributed by atoms with Gasteiger partial charge in [-0.25, -0.2) is 0 Å². The van der Waals surface area contributed by atoms with Crippen LogP contribution in [0.15, 0.2) is 12.4 Å². The zero-order chi connectivity index (χ0) is 9.90. The Morgan fingerprint density at radius 3 is 2.85 bits per heavy atom. The predicted octanol–water partition coefficient (Wildman–Crippen LogP) is 0.664. The number of rotatable bonds is 4. The normalized spacial score (nSPS) is 15.7. The minimum atomic E-state index is -0.940. The lowest BCUT2D eigenvalue weighted by Crippen LogP contribution is -2.27. The number of aryl methyl sites for hydroxylation is 1. The van der Waals surface area contributed by atoms with Crippen molar-refractivity contribution in [2.45, 2.75) is 19.4 Å². The number of hydrogen-bond donors (Lipinski definition) is 1. The first-order valence-electron chi connectivity index (χ1n) is 4.35. The van der Waals surface area contributed by atoms with Crippen LogP contribution in [0.5, 0.6) is 0 Å². The van der Waals surface area contributed by atoms with E-state index >= 15 is 0 Å². The molecule has 0 aromatic carbocycles. The molecule has 1 aromatic heterocycles. The van der Waals surface area contributed by atoms with Crippen LogP contribution in [-0.4, -0.2) is 28.1 Å². The van der Waals surface area contributed by atoms with Crippen molar-refractivity contribution in [3.8, 4) is 0 Å². The second-order valence-electron chi connectivity index (χ2n) is 3.31. The average molecular weight is 184 g/mol. The first kappa shape index (κ1) is 10.2. The Bertz CT molecular complexity index is 268. The van der Waals surface area contributed by atoms with Gasteiger partial charge >= 0.3 is 0 Å². The summed E-state index contributed by atoms with van der Waals surface area (Å²) in [6, 6.07) is 0. The molecule has 0 spiro atoms. The summed E-state index contributed by atoms with van der Waals surface area (Å²) in [5.74, 6) is 0. The van der Waals surface area contributed by atoms with Gasteiger partial charge in [-0.05, 0) is 13.8 Å². The third-order valence-electron chi connectivity index (χ3n) is 1.91. The predicted molar refractivity (Wildman–Crippen MR) is 49.3 cm³/mol. The fraction of sp³-hybridized carbons (Fsp3) is 0.667. The van der Waals surface area contributed by atoms with Crippen LogP contribution in [0.3, 0.4) is 0 Å². The molecule has 1 heterocycles. The van der Waals surface area contributed by atoms with Gasteiger partial charge in [0.25, 0.3) is 0 Å². The summed E-state index contributed by atoms with van der Waals surface area (Å²) >= 11 is 0. The van der Waals surface area contributed by atoms with Crippen molar-refractivity contribution in [1.82, 2.24) is 9.78 Å². The average Bonchev–Trinajstić information content (AvgIpc) is 2.49. The molecule has 0 saturated carbocycles. The highest BCUT2D eigenvalue weighted by Crippen LogP contribution is 2.19. The maximum atomic E-state index is 9.95. The van der Waals surface area contributed by atoms with Crippen molar-refractivity contribution in [3.05, 3.63) is 18.0 Å². The molecule has 0 saturated heterocycles. The number of nitrogens with zero attached hydrogens (tertiary/aromatic N) is 2. The molecule has 0 radical (unpaired) electrons. The van der Waals surface area contributed by atoms with Crippen LogP contribution >= 0.6 is 0 Å². The van der Waals surface area contributed by atoms with Gasteiger partial charge in [0, 0.05) is 25.4 Å². The van der Waals surface area contributed by atoms with E-state index in [1.807, 2.05) is 14.0 Å². The van der Waals surface area contributed by atoms with E-state index in [1.54, 1.807) is 24.0 Å². The molecule has 1 N–H and O–H groups in total. The van der Waals surface area contributed by atoms with Gasteiger partial charge in [-0.1, -0.05) is 0 Å². The third kappa shape index (κ3) is 2.54. The van der Waals surface area contributed by atoms with Crippen molar-refractivity contribution < 1.29 is 9.84 Å². The maximum Gasteiger partial charge on any atom is 0.113 e. The quantitative estimate of drug-likeness (QED) is 0.748. The monoisotopic (exact) mass is 184 g/mol. The Kier molecular flexibility index (Phi) is 3.06. The van der Waals surface area contributed by atoms with Gasteiger partial charge in [-0.3, -0.25) is 4.68 Å². The molecule has 0 aliphatic rings. The Morgan fingerprint density at radius 2 is 2.38 bits per heavy atom. The lowest BCUT2D eigenvalue weighted by molar-refractivity contribution is -0.0343. The molecular weight excluding hydrogens is 168 g/mol. The second-order valence-corrected chi connectivity index (χ2v) is 3.31. The first-order chi connectivity index (χ1) is 6.06. The van der Waals surface area contributed by atoms with Crippen molar-refractivity contribution in [3.63, 3.8) is 0 Å². The molecule has 4 nitrogen and oxygen atoms in total. The molecule has 13 heavy (non-hydrogen) atoms. The molecule has 0 fully saturated rings. The summed E-state index contributed by atoms with van der Waals surface area (Å²) in [4.78, 5) is 0. The molecule has 1 unspecified atom stereocenters. The van der Waals surface area contributed by atoms with E-state index in [-0.39, 0.29) is 0 Å². The largest absolute Gasteiger partial charge is 0.383 e. The fourth-order valence-electron chi connectivity index (χ4n) is 1.08. The summed E-state index contributed by atoms with van der Waals surface area (Å²) in [7, 11) is 1.82. The van der Waals surface area contributed by atoms with Crippen LogP contribution in [0.4, 0.5) is 0 Å². The Hall–Kier alpha value is -0.870. The molecule has 1 atom stereocenters. The zero-order valence-corrected chi connectivity index (χ0v) is 8.32. The minimum Gasteiger partial charge on any atom is -0.383 e. The van der Waals surface area contributed by atoms with Crippen LogP contribution in [0.1, 0.15) is 19.4 Å². The molecule has 0 bridgehead atoms. The summed E-state index contributed by atoms with van der Waals surface area (Å²) < 4.78 is 6.84. The van der Waals surface area contributed by atoms with E-state index in [1.165, 1.54) is 0 Å². The Labute approximate surface area is 78.1 Å². The van der Waals surface area contributed by atoms with Gasteiger partial charge in [0.15, 0.2) is 0 Å². The van der Waals surface area contributed by atoms with E-state index in [4.69, 9.17) is 4.74 Å². The summed E-state index contributed by atoms with van der Waals surface area (Å²) in [6.45, 7) is 4.53. The number of ether oxygens (including phenoxy) is 1. The molecule has 0 aliphatic heterocycles. The van der Waals surface area contributed by atoms with Gasteiger partial charge in [0.05, 0.1) is 12.8 Å². The third-order valence-corrected chi connectivity index (χ3v) is 1.91. The van der Waals surface area contributed by atoms with E-state index in [9.17, 15) is 5.11 Å². The van der Waals surface area contributed by atoms with Crippen LogP contribution in [0.2, 0.25) is 0 Å². The highest BCUT2D eigenvalue weighted by atomic mass is 16.5. The number of hydrogen-bond acceptors (Lipinski definition) is 3. The Morgan fingerprint density at radius 1 is 1.69 bits per heavy atom. The summed E-state index contributed by atoms with van der Waals surface area (Å²) in [5.41, 5.74) is -0.159. The van der Waals surface area contributed by atoms with Gasteiger partial charge < -0.3 is 9.84 Å². The smallest absolute Gasteiger partial charge is 0.113 e. The van der Waals surface area contributed by atoms with Crippen molar-refractivity contribution >= 4 is 0 Å². The maximum absolute atomic E-state index is 9.95. The van der Waals surface area contributed by atoms with Crippen LogP contribution in [-0.2, 0) is 17.4 Å². The molecule has 4 heteroatoms. The highest BCUT2D eigenvalue weighted by molar-refractivity contribution is 5.13. The van der Waals surface area contributed by atoms with Gasteiger partial charge in [0.1, 0.15) is 5.60 Å². The van der Waals surface area contributed by atoms with Crippen LogP contribution < -0.4 is 0 Å². The SMILES string of the molecule is CCOCC(C)(O)c1cnn(C)c1. The van der Waals surface area contributed by atoms with E-state index in [0.29, 0.717) is 13.2 Å². The highest BCUT2D eigenvalue weighted by Gasteiger charge is 2.24. The Balaban J connectivity index is 2.68. The lowest BCUT2D eigenvalue weighted by Gasteiger charge is -2.20. The van der Waals surface area contributed by atoms with Gasteiger partial charge in [-0.2, -0.15) is 5.10 Å². The fourth-order valence-corrected chi connectivity index (χ4v) is 1.08. The van der Waals surface area contributed by atoms with E-state index < -0.39 is 5.60 Å². The van der Waals surface area contributed by atoms with Gasteiger partial charge in [0.2, 0.25) is 0 Å². The van der Waals surface area contributed by atoms with Crippen molar-refractivity contribution in [2.24, 2.45) is 7.05 Å². The van der Waals surface area contributed by atoms with Gasteiger partial charge in [-0.15, -0.1) is 0 Å². The van der Waals surface area contributed by atoms with E-state index in [0.717, 1.165) is 5.56 Å². The molecular formula is C9H16N2O2. The molecule has 0 amide bonds. The molecule has 1 rings (SSSR count). The van der Waals surface area contributed by atoms with Crippen molar-refractivity contribution in [2.75, 3.05) is 13.2 Å². The zero-order valence-electron chi connectivity index (χ0n) is 8.32. The molecule has 0 aliphatic carbocycles. The topological polar surface area (TPSA) is 47.3 Å².